The second-order valence-corrected chi connectivity index (χ2v) is 7.10. The topological polar surface area (TPSA) is 71.1 Å². The highest BCUT2D eigenvalue weighted by Gasteiger charge is 2.32. The molecule has 2 rings (SSSR count). The van der Waals surface area contributed by atoms with E-state index in [9.17, 15) is 9.59 Å². The van der Waals surface area contributed by atoms with Crippen LogP contribution in [0.1, 0.15) is 56.8 Å². The summed E-state index contributed by atoms with van der Waals surface area (Å²) in [7, 11) is 0. The van der Waals surface area contributed by atoms with Gasteiger partial charge in [0, 0.05) is 18.3 Å². The van der Waals surface area contributed by atoms with Crippen LogP contribution in [0.2, 0.25) is 0 Å². The van der Waals surface area contributed by atoms with Gasteiger partial charge in [0.05, 0.1) is 5.56 Å². The second-order valence-electron chi connectivity index (χ2n) is 7.10. The zero-order valence-electron chi connectivity index (χ0n) is 13.6. The third-order valence-corrected chi connectivity index (χ3v) is 4.55. The minimum absolute atomic E-state index is 0.00667. The monoisotopic (exact) mass is 303 g/mol. The van der Waals surface area contributed by atoms with E-state index in [4.69, 9.17) is 0 Å². The molecule has 1 saturated carbocycles. The molecule has 0 saturated heterocycles. The molecule has 5 nitrogen and oxygen atoms in total. The molecule has 1 aromatic heterocycles. The smallest absolute Gasteiger partial charge is 0.271 e. The lowest BCUT2D eigenvalue weighted by Crippen LogP contribution is -2.45. The Morgan fingerprint density at radius 3 is 2.36 bits per heavy atom. The van der Waals surface area contributed by atoms with Crippen LogP contribution < -0.4 is 10.9 Å². The van der Waals surface area contributed by atoms with Gasteiger partial charge in [0.2, 0.25) is 5.91 Å². The standard InChI is InChI=1S/C17H25N3O2/c1-17(2,3)14-8-6-12(7-9-14)15(21)19-20-16(22)13-5-4-10-18-11-13/h4-5,10-12,14H,6-9H2,1-3H3,(H,19,21)(H,20,22). The second kappa shape index (κ2) is 6.90. The SMILES string of the molecule is CC(C)(C)C1CCC(C(=O)NNC(=O)c2cccnc2)CC1. The number of aromatic nitrogens is 1. The molecule has 2 N–H and O–H groups in total. The molecule has 0 aromatic carbocycles. The normalized spacial score (nSPS) is 22.0. The molecule has 0 bridgehead atoms. The van der Waals surface area contributed by atoms with Crippen LogP contribution in [0.5, 0.6) is 0 Å². The maximum atomic E-state index is 12.1. The largest absolute Gasteiger partial charge is 0.273 e. The summed E-state index contributed by atoms with van der Waals surface area (Å²) in [4.78, 5) is 27.9. The molecule has 2 amide bonds. The van der Waals surface area contributed by atoms with E-state index in [-0.39, 0.29) is 17.7 Å². The van der Waals surface area contributed by atoms with Crippen LogP contribution in [0.15, 0.2) is 24.5 Å². The van der Waals surface area contributed by atoms with Crippen LogP contribution in [0.3, 0.4) is 0 Å². The van der Waals surface area contributed by atoms with Crippen molar-refractivity contribution in [3.8, 4) is 0 Å². The summed E-state index contributed by atoms with van der Waals surface area (Å²) in [6, 6.07) is 3.34. The molecular formula is C17H25N3O2. The van der Waals surface area contributed by atoms with E-state index in [1.165, 1.54) is 6.20 Å². The van der Waals surface area contributed by atoms with Crippen LogP contribution >= 0.6 is 0 Å². The summed E-state index contributed by atoms with van der Waals surface area (Å²) in [5.74, 6) is 0.226. The van der Waals surface area contributed by atoms with E-state index >= 15 is 0 Å². The van der Waals surface area contributed by atoms with E-state index in [1.807, 2.05) is 0 Å². The molecule has 0 aliphatic heterocycles. The highest BCUT2D eigenvalue weighted by molar-refractivity contribution is 5.95. The number of amides is 2. The van der Waals surface area contributed by atoms with E-state index in [0.717, 1.165) is 25.7 Å². The van der Waals surface area contributed by atoms with Crippen molar-refractivity contribution >= 4 is 11.8 Å². The molecule has 22 heavy (non-hydrogen) atoms. The van der Waals surface area contributed by atoms with E-state index < -0.39 is 0 Å². The minimum Gasteiger partial charge on any atom is -0.273 e. The lowest BCUT2D eigenvalue weighted by Gasteiger charge is -2.36. The van der Waals surface area contributed by atoms with Crippen molar-refractivity contribution < 1.29 is 9.59 Å². The predicted octanol–water partition coefficient (Wildman–Crippen LogP) is 2.70. The van der Waals surface area contributed by atoms with Gasteiger partial charge in [-0.3, -0.25) is 25.4 Å². The predicted molar refractivity (Wildman–Crippen MR) is 84.7 cm³/mol. The quantitative estimate of drug-likeness (QED) is 0.825. The highest BCUT2D eigenvalue weighted by atomic mass is 16.2. The minimum atomic E-state index is -0.343. The average molecular weight is 303 g/mol. The van der Waals surface area contributed by atoms with Crippen molar-refractivity contribution in [3.05, 3.63) is 30.1 Å². The van der Waals surface area contributed by atoms with E-state index in [0.29, 0.717) is 16.9 Å². The highest BCUT2D eigenvalue weighted by Crippen LogP contribution is 2.39. The Bertz CT molecular complexity index is 514. The van der Waals surface area contributed by atoms with Crippen LogP contribution in [0, 0.1) is 17.3 Å². The van der Waals surface area contributed by atoms with Crippen LogP contribution in [0.4, 0.5) is 0 Å². The van der Waals surface area contributed by atoms with Crippen molar-refractivity contribution in [2.75, 3.05) is 0 Å². The van der Waals surface area contributed by atoms with Crippen LogP contribution in [-0.2, 0) is 4.79 Å². The van der Waals surface area contributed by atoms with Crippen molar-refractivity contribution in [2.24, 2.45) is 17.3 Å². The van der Waals surface area contributed by atoms with Gasteiger partial charge in [-0.25, -0.2) is 0 Å². The van der Waals surface area contributed by atoms with Gasteiger partial charge in [-0.1, -0.05) is 20.8 Å². The van der Waals surface area contributed by atoms with Gasteiger partial charge >= 0.3 is 0 Å². The van der Waals surface area contributed by atoms with E-state index in [2.05, 4.69) is 36.6 Å². The third kappa shape index (κ3) is 4.29. The Morgan fingerprint density at radius 1 is 1.14 bits per heavy atom. The van der Waals surface area contributed by atoms with Crippen LogP contribution in [-0.4, -0.2) is 16.8 Å². The maximum absolute atomic E-state index is 12.1. The number of nitrogens with zero attached hydrogens (tertiary/aromatic N) is 1. The number of hydrogen-bond donors (Lipinski definition) is 2. The Labute approximate surface area is 131 Å². The first-order valence-corrected chi connectivity index (χ1v) is 7.88. The molecule has 0 unspecified atom stereocenters. The van der Waals surface area contributed by atoms with Gasteiger partial charge in [0.1, 0.15) is 0 Å². The molecule has 120 valence electrons. The van der Waals surface area contributed by atoms with Gasteiger partial charge in [0.25, 0.3) is 5.91 Å². The van der Waals surface area contributed by atoms with Gasteiger partial charge in [-0.15, -0.1) is 0 Å². The summed E-state index contributed by atoms with van der Waals surface area (Å²) in [5, 5.41) is 0. The Kier molecular flexibility index (Phi) is 5.16. The van der Waals surface area contributed by atoms with Crippen molar-refractivity contribution in [1.82, 2.24) is 15.8 Å². The third-order valence-electron chi connectivity index (χ3n) is 4.55. The Hall–Kier alpha value is -1.91. The first-order chi connectivity index (χ1) is 10.4. The number of carbonyl (C=O) groups excluding carboxylic acids is 2. The molecule has 1 aromatic rings. The summed E-state index contributed by atoms with van der Waals surface area (Å²) in [5.41, 5.74) is 5.73. The number of hydrazine groups is 1. The lowest BCUT2D eigenvalue weighted by atomic mass is 9.70. The molecule has 0 spiro atoms. The summed E-state index contributed by atoms with van der Waals surface area (Å²) >= 11 is 0. The zero-order chi connectivity index (χ0) is 16.2. The molecule has 0 radical (unpaired) electrons. The fourth-order valence-corrected chi connectivity index (χ4v) is 3.01. The number of pyridine rings is 1. The van der Waals surface area contributed by atoms with Crippen molar-refractivity contribution in [3.63, 3.8) is 0 Å². The molecular weight excluding hydrogens is 278 g/mol. The van der Waals surface area contributed by atoms with Crippen molar-refractivity contribution in [1.29, 1.82) is 0 Å². The number of hydrogen-bond acceptors (Lipinski definition) is 3. The number of carbonyl (C=O) groups is 2. The molecule has 1 heterocycles. The molecule has 1 aliphatic rings. The summed E-state index contributed by atoms with van der Waals surface area (Å²) in [6.07, 6.45) is 6.97. The van der Waals surface area contributed by atoms with E-state index in [1.54, 1.807) is 18.3 Å². The van der Waals surface area contributed by atoms with Gasteiger partial charge in [-0.05, 0) is 49.1 Å². The molecule has 1 fully saturated rings. The fraction of sp³-hybridized carbons (Fsp3) is 0.588. The zero-order valence-corrected chi connectivity index (χ0v) is 13.6. The Morgan fingerprint density at radius 2 is 1.82 bits per heavy atom. The fourth-order valence-electron chi connectivity index (χ4n) is 3.01. The van der Waals surface area contributed by atoms with Crippen molar-refractivity contribution in [2.45, 2.75) is 46.5 Å². The molecule has 1 aliphatic carbocycles. The molecule has 0 atom stereocenters. The first kappa shape index (κ1) is 16.5. The summed E-state index contributed by atoms with van der Waals surface area (Å²) in [6.45, 7) is 6.77. The van der Waals surface area contributed by atoms with Crippen LogP contribution in [0.25, 0.3) is 0 Å². The molecule has 5 heteroatoms. The van der Waals surface area contributed by atoms with Gasteiger partial charge < -0.3 is 0 Å². The van der Waals surface area contributed by atoms with Gasteiger partial charge in [-0.2, -0.15) is 0 Å². The van der Waals surface area contributed by atoms with Gasteiger partial charge in [0.15, 0.2) is 0 Å². The lowest BCUT2D eigenvalue weighted by molar-refractivity contribution is -0.127. The summed E-state index contributed by atoms with van der Waals surface area (Å²) < 4.78 is 0. The Balaban J connectivity index is 1.78. The first-order valence-electron chi connectivity index (χ1n) is 7.88. The maximum Gasteiger partial charge on any atom is 0.271 e. The number of rotatable bonds is 2. The average Bonchev–Trinajstić information content (AvgIpc) is 2.52. The number of nitrogens with one attached hydrogen (secondary N) is 2.